The van der Waals surface area contributed by atoms with Crippen LogP contribution < -0.4 is 11.4 Å². The first-order valence-electron chi connectivity index (χ1n) is 4.28. The Labute approximate surface area is 85.3 Å². The fraction of sp³-hybridized carbons (Fsp3) is 0. The molecule has 0 aliphatic heterocycles. The minimum atomic E-state index is -1.70. The number of benzene rings is 1. The van der Waals surface area contributed by atoms with Gasteiger partial charge in [0.15, 0.2) is 0 Å². The monoisotopic (exact) mass is 205 g/mol. The number of fused-ring (bicyclic) bond motifs is 1. The Kier molecular flexibility index (Phi) is 2.22. The fourth-order valence-electron chi connectivity index (χ4n) is 1.42. The van der Waals surface area contributed by atoms with E-state index >= 15 is 0 Å². The molecule has 1 aromatic heterocycles. The van der Waals surface area contributed by atoms with Crippen LogP contribution in [0.4, 0.5) is 0 Å². The lowest BCUT2D eigenvalue weighted by Crippen LogP contribution is -2.27. The van der Waals surface area contributed by atoms with Crippen LogP contribution in [0, 0.1) is 0 Å². The molecule has 2 rings (SSSR count). The van der Waals surface area contributed by atoms with Gasteiger partial charge in [-0.05, 0) is 18.2 Å². The van der Waals surface area contributed by atoms with Crippen LogP contribution in [0.5, 0.6) is 0 Å². The summed E-state index contributed by atoms with van der Waals surface area (Å²) in [7, 11) is -1.70. The third-order valence-electron chi connectivity index (χ3n) is 2.10. The summed E-state index contributed by atoms with van der Waals surface area (Å²) in [4.78, 5) is 11.0. The van der Waals surface area contributed by atoms with E-state index in [0.717, 1.165) is 0 Å². The summed E-state index contributed by atoms with van der Waals surface area (Å²) in [6, 6.07) is 6.17. The molecule has 15 heavy (non-hydrogen) atoms. The van der Waals surface area contributed by atoms with Crippen LogP contribution in [0.25, 0.3) is 11.0 Å². The van der Waals surface area contributed by atoms with Gasteiger partial charge in [0.05, 0.1) is 5.56 Å². The van der Waals surface area contributed by atoms with Crippen molar-refractivity contribution in [2.75, 3.05) is 0 Å². The minimum Gasteiger partial charge on any atom is -0.465 e. The molecule has 0 saturated carbocycles. The molecule has 0 atom stereocenters. The second kappa shape index (κ2) is 3.41. The number of nitrogens with two attached hydrogens (primary N) is 1. The lowest BCUT2D eigenvalue weighted by molar-refractivity contribution is 0.100. The smallest absolute Gasteiger partial charge is 0.465 e. The van der Waals surface area contributed by atoms with E-state index in [-0.39, 0.29) is 5.66 Å². The van der Waals surface area contributed by atoms with E-state index in [1.807, 2.05) is 0 Å². The highest BCUT2D eigenvalue weighted by molar-refractivity contribution is 6.57. The number of rotatable bonds is 2. The first-order chi connectivity index (χ1) is 7.09. The zero-order valence-electron chi connectivity index (χ0n) is 7.68. The summed E-state index contributed by atoms with van der Waals surface area (Å²) >= 11 is 0. The Morgan fingerprint density at radius 1 is 1.40 bits per heavy atom. The Balaban J connectivity index is 2.70. The average Bonchev–Trinajstić information content (AvgIpc) is 2.60. The second-order valence-corrected chi connectivity index (χ2v) is 3.10. The van der Waals surface area contributed by atoms with Gasteiger partial charge in [-0.15, -0.1) is 0 Å². The molecular weight excluding hydrogens is 197 g/mol. The largest absolute Gasteiger partial charge is 0.526 e. The van der Waals surface area contributed by atoms with Gasteiger partial charge in [0, 0.05) is 5.39 Å². The van der Waals surface area contributed by atoms with Gasteiger partial charge in [-0.25, -0.2) is 0 Å². The summed E-state index contributed by atoms with van der Waals surface area (Å²) in [5.41, 5.74) is 5.84. The zero-order valence-corrected chi connectivity index (χ0v) is 7.68. The van der Waals surface area contributed by atoms with Crippen LogP contribution in [-0.4, -0.2) is 23.1 Å². The van der Waals surface area contributed by atoms with Crippen LogP contribution in [0.1, 0.15) is 10.4 Å². The van der Waals surface area contributed by atoms with Gasteiger partial charge in [-0.1, -0.05) is 6.07 Å². The van der Waals surface area contributed by atoms with Crippen LogP contribution in [-0.2, 0) is 0 Å². The quantitative estimate of drug-likeness (QED) is 0.559. The molecule has 0 unspecified atom stereocenters. The number of amides is 1. The molecule has 4 N–H and O–H groups in total. The molecule has 1 aromatic carbocycles. The summed E-state index contributed by atoms with van der Waals surface area (Å²) in [5.74, 6) is -0.583. The normalized spacial score (nSPS) is 10.5. The minimum absolute atomic E-state index is 0.0151. The summed E-state index contributed by atoms with van der Waals surface area (Å²) < 4.78 is 5.11. The molecular formula is C9H8BNO4. The van der Waals surface area contributed by atoms with Gasteiger partial charge < -0.3 is 20.2 Å². The number of hydrogen-bond donors (Lipinski definition) is 3. The van der Waals surface area contributed by atoms with E-state index in [1.54, 1.807) is 18.2 Å². The third kappa shape index (κ3) is 1.60. The summed E-state index contributed by atoms with van der Waals surface area (Å²) in [6.07, 6.45) is 0. The first kappa shape index (κ1) is 9.76. The molecule has 1 heterocycles. The maximum Gasteiger partial charge on any atom is 0.526 e. The van der Waals surface area contributed by atoms with E-state index < -0.39 is 13.0 Å². The van der Waals surface area contributed by atoms with Gasteiger partial charge in [0.1, 0.15) is 11.2 Å². The van der Waals surface area contributed by atoms with E-state index in [4.69, 9.17) is 20.2 Å². The molecule has 0 fully saturated rings. The lowest BCUT2D eigenvalue weighted by atomic mass is 9.87. The summed E-state index contributed by atoms with van der Waals surface area (Å²) in [6.45, 7) is 0. The highest BCUT2D eigenvalue weighted by Crippen LogP contribution is 2.18. The maximum atomic E-state index is 11.0. The molecule has 0 aliphatic carbocycles. The van der Waals surface area contributed by atoms with Crippen molar-refractivity contribution in [1.82, 2.24) is 0 Å². The molecule has 0 bridgehead atoms. The van der Waals surface area contributed by atoms with Crippen LogP contribution >= 0.6 is 0 Å². The van der Waals surface area contributed by atoms with Crippen molar-refractivity contribution in [3.05, 3.63) is 29.8 Å². The van der Waals surface area contributed by atoms with E-state index in [9.17, 15) is 4.79 Å². The molecule has 76 valence electrons. The predicted molar refractivity (Wildman–Crippen MR) is 54.6 cm³/mol. The van der Waals surface area contributed by atoms with Crippen molar-refractivity contribution in [1.29, 1.82) is 0 Å². The molecule has 0 aliphatic rings. The number of carbonyl (C=O) groups excluding carboxylic acids is 1. The molecule has 0 radical (unpaired) electrons. The third-order valence-corrected chi connectivity index (χ3v) is 2.10. The van der Waals surface area contributed by atoms with Crippen LogP contribution in [0.15, 0.2) is 28.7 Å². The molecule has 0 saturated heterocycles. The Bertz CT molecular complexity index is 520. The van der Waals surface area contributed by atoms with Crippen LogP contribution in [0.2, 0.25) is 0 Å². The van der Waals surface area contributed by atoms with E-state index in [2.05, 4.69) is 0 Å². The van der Waals surface area contributed by atoms with Gasteiger partial charge in [-0.3, -0.25) is 4.79 Å². The van der Waals surface area contributed by atoms with Crippen molar-refractivity contribution in [3.63, 3.8) is 0 Å². The highest BCUT2D eigenvalue weighted by Gasteiger charge is 2.19. The van der Waals surface area contributed by atoms with E-state index in [1.165, 1.54) is 6.07 Å². The standard InChI is InChI=1S/C9H8BNO4/c11-9(12)5-2-1-3-7-6(5)4-8(15-7)10(13)14/h1-4,13-14H,(H2,11,12). The maximum absolute atomic E-state index is 11.0. The molecule has 1 amide bonds. The predicted octanol–water partition coefficient (Wildman–Crippen LogP) is -0.789. The number of hydrogen-bond acceptors (Lipinski definition) is 4. The molecule has 5 nitrogen and oxygen atoms in total. The lowest BCUT2D eigenvalue weighted by Gasteiger charge is -1.94. The van der Waals surface area contributed by atoms with Gasteiger partial charge in [0.2, 0.25) is 5.91 Å². The fourth-order valence-corrected chi connectivity index (χ4v) is 1.42. The number of carbonyl (C=O) groups is 1. The van der Waals surface area contributed by atoms with Crippen molar-refractivity contribution < 1.29 is 19.3 Å². The topological polar surface area (TPSA) is 96.7 Å². The van der Waals surface area contributed by atoms with E-state index in [0.29, 0.717) is 16.5 Å². The van der Waals surface area contributed by atoms with Gasteiger partial charge >= 0.3 is 7.12 Å². The zero-order chi connectivity index (χ0) is 11.0. The van der Waals surface area contributed by atoms with Crippen molar-refractivity contribution >= 4 is 29.7 Å². The van der Waals surface area contributed by atoms with Crippen molar-refractivity contribution in [2.24, 2.45) is 5.73 Å². The average molecular weight is 205 g/mol. The first-order valence-corrected chi connectivity index (χ1v) is 4.28. The molecule has 0 spiro atoms. The highest BCUT2D eigenvalue weighted by atomic mass is 16.4. The van der Waals surface area contributed by atoms with Crippen LogP contribution in [0.3, 0.4) is 0 Å². The van der Waals surface area contributed by atoms with Gasteiger partial charge in [0.25, 0.3) is 0 Å². The Morgan fingerprint density at radius 3 is 2.73 bits per heavy atom. The number of furan rings is 1. The molecule has 6 heteroatoms. The Morgan fingerprint density at radius 2 is 2.13 bits per heavy atom. The SMILES string of the molecule is NC(=O)c1cccc2oc(B(O)O)cc12. The second-order valence-electron chi connectivity index (χ2n) is 3.10. The Hall–Kier alpha value is -1.79. The van der Waals surface area contributed by atoms with Crippen molar-refractivity contribution in [2.45, 2.75) is 0 Å². The van der Waals surface area contributed by atoms with Crippen molar-refractivity contribution in [3.8, 4) is 0 Å². The van der Waals surface area contributed by atoms with Gasteiger partial charge in [-0.2, -0.15) is 0 Å². The number of primary amides is 1. The molecule has 2 aromatic rings. The summed E-state index contributed by atoms with van der Waals surface area (Å²) in [5, 5.41) is 18.3.